The number of methoxy groups -OCH3 is 1. The average molecular weight is 184 g/mol. The van der Waals surface area contributed by atoms with E-state index in [-0.39, 0.29) is 5.97 Å². The van der Waals surface area contributed by atoms with Crippen molar-refractivity contribution in [2.45, 2.75) is 13.8 Å². The molecule has 0 saturated heterocycles. The molecule has 1 aliphatic heterocycles. The van der Waals surface area contributed by atoms with E-state index in [9.17, 15) is 4.79 Å². The van der Waals surface area contributed by atoms with E-state index in [0.29, 0.717) is 4.91 Å². The molecule has 0 aliphatic carbocycles. The Morgan fingerprint density at radius 2 is 2.25 bits per heavy atom. The van der Waals surface area contributed by atoms with Gasteiger partial charge in [0.15, 0.2) is 0 Å². The Kier molecular flexibility index (Phi) is 2.98. The Labute approximate surface area is 76.7 Å². The Morgan fingerprint density at radius 1 is 1.58 bits per heavy atom. The van der Waals surface area contributed by atoms with Crippen LogP contribution in [0.2, 0.25) is 0 Å². The van der Waals surface area contributed by atoms with Gasteiger partial charge in [0, 0.05) is 5.75 Å². The largest absolute Gasteiger partial charge is 0.465 e. The highest BCUT2D eigenvalue weighted by molar-refractivity contribution is 8.04. The van der Waals surface area contributed by atoms with E-state index in [1.165, 1.54) is 30.0 Å². The second-order valence-corrected chi connectivity index (χ2v) is 3.77. The summed E-state index contributed by atoms with van der Waals surface area (Å²) in [6.07, 6.45) is 1.88. The van der Waals surface area contributed by atoms with Gasteiger partial charge < -0.3 is 4.74 Å². The summed E-state index contributed by atoms with van der Waals surface area (Å²) in [5.41, 5.74) is 2.50. The molecule has 3 heteroatoms. The van der Waals surface area contributed by atoms with Crippen LogP contribution >= 0.6 is 11.8 Å². The normalized spacial score (nSPS) is 17.4. The van der Waals surface area contributed by atoms with Crippen LogP contribution < -0.4 is 0 Å². The standard InChI is InChI=1S/C9H12O2S/c1-6-4-8(9(10)11-3)12-5-7(6)2/h4H,5H2,1-3H3. The molecule has 12 heavy (non-hydrogen) atoms. The lowest BCUT2D eigenvalue weighted by atomic mass is 10.1. The molecule has 1 aliphatic rings. The Balaban J connectivity index is 2.83. The van der Waals surface area contributed by atoms with Gasteiger partial charge in [-0.3, -0.25) is 0 Å². The molecule has 0 aromatic carbocycles. The fourth-order valence-electron chi connectivity index (χ4n) is 0.880. The molecule has 66 valence electrons. The van der Waals surface area contributed by atoms with E-state index in [0.717, 1.165) is 5.75 Å². The molecule has 0 spiro atoms. The number of esters is 1. The number of carbonyl (C=O) groups is 1. The molecule has 2 nitrogen and oxygen atoms in total. The average Bonchev–Trinajstić information content (AvgIpc) is 2.08. The lowest BCUT2D eigenvalue weighted by Crippen LogP contribution is -2.06. The Morgan fingerprint density at radius 3 is 2.75 bits per heavy atom. The van der Waals surface area contributed by atoms with Gasteiger partial charge in [0.05, 0.1) is 12.0 Å². The van der Waals surface area contributed by atoms with Crippen LogP contribution in [0.4, 0.5) is 0 Å². The fraction of sp³-hybridized carbons (Fsp3) is 0.444. The molecule has 0 radical (unpaired) electrons. The van der Waals surface area contributed by atoms with Crippen molar-refractivity contribution < 1.29 is 9.53 Å². The molecule has 1 rings (SSSR count). The number of hydrogen-bond acceptors (Lipinski definition) is 3. The number of carbonyl (C=O) groups excluding carboxylic acids is 1. The van der Waals surface area contributed by atoms with Gasteiger partial charge in [-0.25, -0.2) is 4.79 Å². The molecular formula is C9H12O2S. The maximum atomic E-state index is 11.1. The van der Waals surface area contributed by atoms with E-state index in [4.69, 9.17) is 0 Å². The van der Waals surface area contributed by atoms with Crippen LogP contribution in [-0.4, -0.2) is 18.8 Å². The smallest absolute Gasteiger partial charge is 0.344 e. The molecule has 0 aromatic rings. The summed E-state index contributed by atoms with van der Waals surface area (Å²) in [5.74, 6) is 0.666. The van der Waals surface area contributed by atoms with Crippen molar-refractivity contribution in [3.05, 3.63) is 22.1 Å². The minimum absolute atomic E-state index is 0.230. The Bertz CT molecular complexity index is 264. The van der Waals surface area contributed by atoms with E-state index in [1.807, 2.05) is 13.0 Å². The molecule has 1 heterocycles. The predicted molar refractivity (Wildman–Crippen MR) is 50.9 cm³/mol. The molecule has 0 atom stereocenters. The van der Waals surface area contributed by atoms with Crippen molar-refractivity contribution in [2.75, 3.05) is 12.9 Å². The summed E-state index contributed by atoms with van der Waals surface area (Å²) in [6, 6.07) is 0. The first-order chi connectivity index (χ1) is 5.65. The summed E-state index contributed by atoms with van der Waals surface area (Å²) in [6.45, 7) is 4.09. The van der Waals surface area contributed by atoms with Gasteiger partial charge in [-0.15, -0.1) is 11.8 Å². The minimum atomic E-state index is -0.230. The highest BCUT2D eigenvalue weighted by atomic mass is 32.2. The van der Waals surface area contributed by atoms with Gasteiger partial charge in [-0.1, -0.05) is 5.57 Å². The predicted octanol–water partition coefficient (Wildman–Crippen LogP) is 2.13. The van der Waals surface area contributed by atoms with Crippen molar-refractivity contribution in [1.82, 2.24) is 0 Å². The highest BCUT2D eigenvalue weighted by Gasteiger charge is 2.14. The third-order valence-corrected chi connectivity index (χ3v) is 3.02. The Hall–Kier alpha value is -0.700. The van der Waals surface area contributed by atoms with E-state index in [2.05, 4.69) is 11.7 Å². The van der Waals surface area contributed by atoms with Crippen LogP contribution in [0.5, 0.6) is 0 Å². The molecule has 0 bridgehead atoms. The zero-order valence-corrected chi connectivity index (χ0v) is 8.33. The SMILES string of the molecule is COC(=O)C1=CC(C)=C(C)CS1. The number of hydrogen-bond donors (Lipinski definition) is 0. The van der Waals surface area contributed by atoms with Gasteiger partial charge in [0.25, 0.3) is 0 Å². The molecule has 0 unspecified atom stereocenters. The molecule has 0 N–H and O–H groups in total. The van der Waals surface area contributed by atoms with Crippen LogP contribution in [0.25, 0.3) is 0 Å². The number of thioether (sulfide) groups is 1. The minimum Gasteiger partial charge on any atom is -0.465 e. The van der Waals surface area contributed by atoms with Crippen molar-refractivity contribution in [1.29, 1.82) is 0 Å². The maximum Gasteiger partial charge on any atom is 0.344 e. The van der Waals surface area contributed by atoms with E-state index >= 15 is 0 Å². The zero-order chi connectivity index (χ0) is 9.14. The lowest BCUT2D eigenvalue weighted by Gasteiger charge is -2.12. The van der Waals surface area contributed by atoms with Crippen molar-refractivity contribution in [2.24, 2.45) is 0 Å². The first-order valence-corrected chi connectivity index (χ1v) is 4.73. The van der Waals surface area contributed by atoms with Gasteiger partial charge in [0.2, 0.25) is 0 Å². The lowest BCUT2D eigenvalue weighted by molar-refractivity contribution is -0.135. The molecule has 0 fully saturated rings. The maximum absolute atomic E-state index is 11.1. The summed E-state index contributed by atoms with van der Waals surface area (Å²) in [5, 5.41) is 0. The van der Waals surface area contributed by atoms with Crippen LogP contribution in [0.1, 0.15) is 13.8 Å². The third-order valence-electron chi connectivity index (χ3n) is 1.85. The fourth-order valence-corrected chi connectivity index (χ4v) is 1.94. The second-order valence-electron chi connectivity index (χ2n) is 2.75. The number of rotatable bonds is 1. The van der Waals surface area contributed by atoms with Crippen LogP contribution in [0.15, 0.2) is 22.1 Å². The van der Waals surface area contributed by atoms with Gasteiger partial charge in [-0.2, -0.15) is 0 Å². The van der Waals surface area contributed by atoms with Gasteiger partial charge in [0.1, 0.15) is 0 Å². The highest BCUT2D eigenvalue weighted by Crippen LogP contribution is 2.28. The van der Waals surface area contributed by atoms with Crippen molar-refractivity contribution >= 4 is 17.7 Å². The monoisotopic (exact) mass is 184 g/mol. The van der Waals surface area contributed by atoms with Crippen LogP contribution in [0, 0.1) is 0 Å². The van der Waals surface area contributed by atoms with Crippen molar-refractivity contribution in [3.63, 3.8) is 0 Å². The summed E-state index contributed by atoms with van der Waals surface area (Å²) in [7, 11) is 1.41. The first kappa shape index (κ1) is 9.39. The molecular weight excluding hydrogens is 172 g/mol. The van der Waals surface area contributed by atoms with Crippen LogP contribution in [-0.2, 0) is 9.53 Å². The molecule has 0 aromatic heterocycles. The number of allylic oxidation sites excluding steroid dienone is 2. The van der Waals surface area contributed by atoms with Gasteiger partial charge in [-0.05, 0) is 25.5 Å². The topological polar surface area (TPSA) is 26.3 Å². The summed E-state index contributed by atoms with van der Waals surface area (Å²) in [4.78, 5) is 11.8. The first-order valence-electron chi connectivity index (χ1n) is 3.74. The quantitative estimate of drug-likeness (QED) is 0.584. The van der Waals surface area contributed by atoms with E-state index < -0.39 is 0 Å². The zero-order valence-electron chi connectivity index (χ0n) is 7.51. The van der Waals surface area contributed by atoms with Gasteiger partial charge >= 0.3 is 5.97 Å². The molecule has 0 amide bonds. The summed E-state index contributed by atoms with van der Waals surface area (Å²) < 4.78 is 4.62. The summed E-state index contributed by atoms with van der Waals surface area (Å²) >= 11 is 1.54. The second kappa shape index (κ2) is 3.81. The molecule has 0 saturated carbocycles. The van der Waals surface area contributed by atoms with Crippen molar-refractivity contribution in [3.8, 4) is 0 Å². The van der Waals surface area contributed by atoms with Crippen LogP contribution in [0.3, 0.4) is 0 Å². The van der Waals surface area contributed by atoms with E-state index in [1.54, 1.807) is 0 Å². The third kappa shape index (κ3) is 1.91. The number of ether oxygens (including phenoxy) is 1.